The van der Waals surface area contributed by atoms with Crippen molar-refractivity contribution >= 4 is 17.4 Å². The van der Waals surface area contributed by atoms with E-state index >= 15 is 0 Å². The summed E-state index contributed by atoms with van der Waals surface area (Å²) in [7, 11) is 0. The Morgan fingerprint density at radius 3 is 2.62 bits per heavy atom. The molecule has 88 valence electrons. The predicted octanol–water partition coefficient (Wildman–Crippen LogP) is 2.78. The molecule has 1 fully saturated rings. The maximum absolute atomic E-state index is 11.6. The molecule has 1 aliphatic carbocycles. The Labute approximate surface area is 101 Å². The van der Waals surface area contributed by atoms with Crippen molar-refractivity contribution in [2.45, 2.75) is 46.6 Å². The van der Waals surface area contributed by atoms with Crippen LogP contribution in [0.4, 0.5) is 0 Å². The number of Topliss-reactive ketones (excluding diaryl/α,β-unsaturated/α-hetero) is 1. The second kappa shape index (κ2) is 3.88. The third kappa shape index (κ3) is 1.77. The number of halogens is 1. The van der Waals surface area contributed by atoms with Gasteiger partial charge in [-0.05, 0) is 33.6 Å². The normalized spacial score (nSPS) is 17.5. The summed E-state index contributed by atoms with van der Waals surface area (Å²) < 4.78 is 1.92. The second-order valence-electron chi connectivity index (χ2n) is 4.68. The highest BCUT2D eigenvalue weighted by atomic mass is 35.5. The quantitative estimate of drug-likeness (QED) is 0.811. The first-order valence-electron chi connectivity index (χ1n) is 5.73. The first-order chi connectivity index (χ1) is 7.50. The largest absolute Gasteiger partial charge is 0.299 e. The van der Waals surface area contributed by atoms with Crippen molar-refractivity contribution in [2.24, 2.45) is 5.41 Å². The fourth-order valence-electron chi connectivity index (χ4n) is 2.16. The Hall–Kier alpha value is -0.830. The lowest BCUT2D eigenvalue weighted by molar-refractivity contribution is -0.122. The van der Waals surface area contributed by atoms with Crippen LogP contribution in [-0.2, 0) is 17.8 Å². The minimum absolute atomic E-state index is 0.136. The van der Waals surface area contributed by atoms with Crippen LogP contribution < -0.4 is 0 Å². The molecule has 0 amide bonds. The third-order valence-electron chi connectivity index (χ3n) is 3.56. The van der Waals surface area contributed by atoms with Gasteiger partial charge in [0, 0.05) is 18.4 Å². The van der Waals surface area contributed by atoms with E-state index in [9.17, 15) is 4.79 Å². The molecule has 0 spiro atoms. The van der Waals surface area contributed by atoms with Crippen LogP contribution in [0.25, 0.3) is 0 Å². The summed E-state index contributed by atoms with van der Waals surface area (Å²) in [6.45, 7) is 6.43. The van der Waals surface area contributed by atoms with Crippen molar-refractivity contribution in [3.8, 4) is 0 Å². The molecule has 0 radical (unpaired) electrons. The highest BCUT2D eigenvalue weighted by Crippen LogP contribution is 2.50. The van der Waals surface area contributed by atoms with Crippen LogP contribution in [0, 0.1) is 12.3 Å². The molecule has 1 aromatic heterocycles. The van der Waals surface area contributed by atoms with Gasteiger partial charge in [0.05, 0.1) is 16.4 Å². The predicted molar refractivity (Wildman–Crippen MR) is 63.7 cm³/mol. The molecule has 2 rings (SSSR count). The van der Waals surface area contributed by atoms with Crippen LogP contribution in [0.3, 0.4) is 0 Å². The summed E-state index contributed by atoms with van der Waals surface area (Å²) in [5.41, 5.74) is 1.75. The highest BCUT2D eigenvalue weighted by Gasteiger charge is 2.48. The van der Waals surface area contributed by atoms with Gasteiger partial charge in [-0.15, -0.1) is 0 Å². The van der Waals surface area contributed by atoms with Gasteiger partial charge in [0.1, 0.15) is 5.78 Å². The summed E-state index contributed by atoms with van der Waals surface area (Å²) in [6, 6.07) is 0. The lowest BCUT2D eigenvalue weighted by atomic mass is 9.95. The lowest BCUT2D eigenvalue weighted by Crippen LogP contribution is -2.18. The Bertz CT molecular complexity index is 432. The minimum Gasteiger partial charge on any atom is -0.299 e. The highest BCUT2D eigenvalue weighted by molar-refractivity contribution is 6.31. The molecule has 0 saturated heterocycles. The van der Waals surface area contributed by atoms with Gasteiger partial charge in [0.2, 0.25) is 0 Å². The molecule has 0 bridgehead atoms. The van der Waals surface area contributed by atoms with Crippen LogP contribution in [0.15, 0.2) is 0 Å². The smallest absolute Gasteiger partial charge is 0.136 e. The molecule has 1 saturated carbocycles. The number of carbonyl (C=O) groups excluding carboxylic acids is 1. The summed E-state index contributed by atoms with van der Waals surface area (Å²) in [6.07, 6.45) is 2.73. The van der Waals surface area contributed by atoms with Crippen molar-refractivity contribution in [3.05, 3.63) is 16.4 Å². The maximum atomic E-state index is 11.6. The van der Waals surface area contributed by atoms with Gasteiger partial charge >= 0.3 is 0 Å². The van der Waals surface area contributed by atoms with Gasteiger partial charge in [-0.2, -0.15) is 5.10 Å². The molecule has 0 unspecified atom stereocenters. The molecule has 0 N–H and O–H groups in total. The van der Waals surface area contributed by atoms with Crippen molar-refractivity contribution in [1.29, 1.82) is 0 Å². The van der Waals surface area contributed by atoms with Crippen molar-refractivity contribution in [3.63, 3.8) is 0 Å². The summed E-state index contributed by atoms with van der Waals surface area (Å²) in [5.74, 6) is 0.282. The molecular weight excluding hydrogens is 224 g/mol. The van der Waals surface area contributed by atoms with E-state index in [4.69, 9.17) is 11.6 Å². The molecule has 0 aromatic carbocycles. The number of hydrogen-bond acceptors (Lipinski definition) is 2. The number of carbonyl (C=O) groups is 1. The van der Waals surface area contributed by atoms with Gasteiger partial charge in [-0.25, -0.2) is 0 Å². The van der Waals surface area contributed by atoms with Crippen LogP contribution in [0.5, 0.6) is 0 Å². The van der Waals surface area contributed by atoms with Crippen LogP contribution in [0.1, 0.15) is 38.1 Å². The van der Waals surface area contributed by atoms with Crippen LogP contribution >= 0.6 is 11.6 Å². The fraction of sp³-hybridized carbons (Fsp3) is 0.667. The maximum Gasteiger partial charge on any atom is 0.136 e. The topological polar surface area (TPSA) is 34.9 Å². The molecule has 4 heteroatoms. The Balaban J connectivity index is 2.31. The second-order valence-corrected chi connectivity index (χ2v) is 5.05. The first-order valence-corrected chi connectivity index (χ1v) is 6.11. The van der Waals surface area contributed by atoms with Gasteiger partial charge in [0.15, 0.2) is 0 Å². The number of hydrogen-bond donors (Lipinski definition) is 0. The third-order valence-corrected chi connectivity index (χ3v) is 4.05. The summed E-state index contributed by atoms with van der Waals surface area (Å²) in [5, 5.41) is 5.10. The zero-order valence-corrected chi connectivity index (χ0v) is 10.8. The van der Waals surface area contributed by atoms with E-state index in [2.05, 4.69) is 5.10 Å². The lowest BCUT2D eigenvalue weighted by Gasteiger charge is -2.12. The average Bonchev–Trinajstić information content (AvgIpc) is 2.97. The number of aryl methyl sites for hydroxylation is 2. The molecule has 0 aliphatic heterocycles. The van der Waals surface area contributed by atoms with E-state index in [0.717, 1.165) is 42.2 Å². The van der Waals surface area contributed by atoms with Gasteiger partial charge in [0.25, 0.3) is 0 Å². The zero-order chi connectivity index (χ0) is 11.9. The van der Waals surface area contributed by atoms with Gasteiger partial charge in [-0.3, -0.25) is 9.48 Å². The van der Waals surface area contributed by atoms with E-state index in [1.165, 1.54) is 0 Å². The minimum atomic E-state index is -0.136. The molecular formula is C12H17ClN2O. The van der Waals surface area contributed by atoms with Crippen molar-refractivity contribution < 1.29 is 4.79 Å². The standard InChI is InChI=1S/C12H17ClN2O/c1-4-15-10(11(13)8(2)14-15)7-12(5-6-12)9(3)16/h4-7H2,1-3H3. The van der Waals surface area contributed by atoms with Crippen molar-refractivity contribution in [2.75, 3.05) is 0 Å². The van der Waals surface area contributed by atoms with E-state index in [1.807, 2.05) is 18.5 Å². The fourth-order valence-corrected chi connectivity index (χ4v) is 2.36. The molecule has 1 aliphatic rings. The van der Waals surface area contributed by atoms with E-state index < -0.39 is 0 Å². The molecule has 16 heavy (non-hydrogen) atoms. The van der Waals surface area contributed by atoms with Crippen LogP contribution in [0.2, 0.25) is 5.02 Å². The van der Waals surface area contributed by atoms with Gasteiger partial charge in [-0.1, -0.05) is 11.6 Å². The molecule has 1 heterocycles. The number of aromatic nitrogens is 2. The number of ketones is 1. The molecule has 1 aromatic rings. The number of nitrogens with zero attached hydrogens (tertiary/aromatic N) is 2. The number of rotatable bonds is 4. The Kier molecular flexibility index (Phi) is 2.82. The summed E-state index contributed by atoms with van der Waals surface area (Å²) in [4.78, 5) is 11.6. The van der Waals surface area contributed by atoms with Gasteiger partial charge < -0.3 is 0 Å². The SMILES string of the molecule is CCn1nc(C)c(Cl)c1CC1(C(C)=O)CC1. The Morgan fingerprint density at radius 2 is 2.19 bits per heavy atom. The van der Waals surface area contributed by atoms with E-state index in [-0.39, 0.29) is 11.2 Å². The first kappa shape index (κ1) is 11.6. The molecule has 3 nitrogen and oxygen atoms in total. The van der Waals surface area contributed by atoms with E-state index in [0.29, 0.717) is 0 Å². The van der Waals surface area contributed by atoms with Crippen molar-refractivity contribution in [1.82, 2.24) is 9.78 Å². The Morgan fingerprint density at radius 1 is 1.56 bits per heavy atom. The monoisotopic (exact) mass is 240 g/mol. The zero-order valence-electron chi connectivity index (χ0n) is 10.0. The summed E-state index contributed by atoms with van der Waals surface area (Å²) >= 11 is 6.24. The average molecular weight is 241 g/mol. The molecule has 0 atom stereocenters. The van der Waals surface area contributed by atoms with E-state index in [1.54, 1.807) is 6.92 Å². The van der Waals surface area contributed by atoms with Crippen LogP contribution in [-0.4, -0.2) is 15.6 Å².